The Morgan fingerprint density at radius 3 is 3.25 bits per heavy atom. The van der Waals surface area contributed by atoms with Crippen LogP contribution < -0.4 is 0 Å². The van der Waals surface area contributed by atoms with Crippen molar-refractivity contribution in [2.45, 2.75) is 44.1 Å². The Morgan fingerprint density at radius 2 is 2.50 bits per heavy atom. The molecular weight excluding hydrogens is 198 g/mol. The average molecular weight is 217 g/mol. The second-order valence-electron chi connectivity index (χ2n) is 4.82. The first kappa shape index (κ1) is 11.3. The summed E-state index contributed by atoms with van der Waals surface area (Å²) in [5.74, 6) is 0.184. The van der Waals surface area contributed by atoms with Gasteiger partial charge >= 0.3 is 0 Å². The van der Waals surface area contributed by atoms with E-state index < -0.39 is 5.60 Å². The number of hydrogen-bond donors (Lipinski definition) is 1. The monoisotopic (exact) mass is 217 g/mol. The number of fused-ring (bicyclic) bond motifs is 1. The summed E-state index contributed by atoms with van der Waals surface area (Å²) in [7, 11) is 0. The molecule has 1 aromatic heterocycles. The van der Waals surface area contributed by atoms with Crippen LogP contribution in [0.1, 0.15) is 43.4 Å². The van der Waals surface area contributed by atoms with Crippen LogP contribution >= 0.6 is 0 Å². The number of rotatable bonds is 4. The zero-order chi connectivity index (χ0) is 11.6. The highest BCUT2D eigenvalue weighted by Crippen LogP contribution is 2.41. The van der Waals surface area contributed by atoms with Crippen LogP contribution in [0.5, 0.6) is 0 Å². The molecule has 1 aromatic rings. The molecule has 2 unspecified atom stereocenters. The normalized spacial score (nSPS) is 22.5. The van der Waals surface area contributed by atoms with Gasteiger partial charge in [0.25, 0.3) is 0 Å². The van der Waals surface area contributed by atoms with Gasteiger partial charge in [-0.25, -0.2) is 0 Å². The smallest absolute Gasteiger partial charge is 0.0706 e. The standard InChI is InChI=1S/C14H19NO/c1-3-4-9-14(2,16)12-8-7-11-6-5-10-15-13(11)12/h3,5-6,10,12,16H,1,4,7-9H2,2H3. The van der Waals surface area contributed by atoms with Gasteiger partial charge in [0.05, 0.1) is 5.60 Å². The lowest BCUT2D eigenvalue weighted by molar-refractivity contribution is 0.0221. The van der Waals surface area contributed by atoms with Gasteiger partial charge in [0, 0.05) is 17.8 Å². The molecule has 2 nitrogen and oxygen atoms in total. The van der Waals surface area contributed by atoms with Crippen LogP contribution in [0.3, 0.4) is 0 Å². The molecule has 0 radical (unpaired) electrons. The molecule has 86 valence electrons. The van der Waals surface area contributed by atoms with Gasteiger partial charge in [-0.05, 0) is 44.2 Å². The van der Waals surface area contributed by atoms with E-state index in [1.807, 2.05) is 25.3 Å². The fraction of sp³-hybridized carbons (Fsp3) is 0.500. The fourth-order valence-corrected chi connectivity index (χ4v) is 2.59. The Kier molecular flexibility index (Phi) is 3.10. The third-order valence-corrected chi connectivity index (χ3v) is 3.56. The second kappa shape index (κ2) is 4.38. The van der Waals surface area contributed by atoms with E-state index in [0.717, 1.165) is 31.4 Å². The summed E-state index contributed by atoms with van der Waals surface area (Å²) in [6.45, 7) is 5.63. The first-order valence-electron chi connectivity index (χ1n) is 5.92. The lowest BCUT2D eigenvalue weighted by atomic mass is 9.83. The SMILES string of the molecule is C=CCCC(C)(O)C1CCc2cccnc21. The van der Waals surface area contributed by atoms with Gasteiger partial charge < -0.3 is 5.11 Å². The van der Waals surface area contributed by atoms with Crippen LogP contribution in [-0.4, -0.2) is 15.7 Å². The number of nitrogens with zero attached hydrogens (tertiary/aromatic N) is 1. The van der Waals surface area contributed by atoms with Crippen molar-refractivity contribution in [1.29, 1.82) is 0 Å². The number of pyridine rings is 1. The maximum Gasteiger partial charge on any atom is 0.0706 e. The quantitative estimate of drug-likeness (QED) is 0.787. The predicted octanol–water partition coefficient (Wildman–Crippen LogP) is 2.83. The minimum atomic E-state index is -0.659. The first-order chi connectivity index (χ1) is 7.65. The Morgan fingerprint density at radius 1 is 1.69 bits per heavy atom. The van der Waals surface area contributed by atoms with Crippen LogP contribution in [0, 0.1) is 0 Å². The predicted molar refractivity (Wildman–Crippen MR) is 65.4 cm³/mol. The van der Waals surface area contributed by atoms with Crippen molar-refractivity contribution in [3.63, 3.8) is 0 Å². The molecule has 1 aliphatic carbocycles. The van der Waals surface area contributed by atoms with E-state index >= 15 is 0 Å². The number of hydrogen-bond acceptors (Lipinski definition) is 2. The van der Waals surface area contributed by atoms with E-state index in [9.17, 15) is 5.11 Å². The lowest BCUT2D eigenvalue weighted by Gasteiger charge is -2.29. The van der Waals surface area contributed by atoms with E-state index in [0.29, 0.717) is 0 Å². The van der Waals surface area contributed by atoms with Crippen molar-refractivity contribution < 1.29 is 5.11 Å². The van der Waals surface area contributed by atoms with Gasteiger partial charge in [-0.15, -0.1) is 6.58 Å². The summed E-state index contributed by atoms with van der Waals surface area (Å²) in [4.78, 5) is 4.43. The molecule has 0 amide bonds. The van der Waals surface area contributed by atoms with E-state index in [4.69, 9.17) is 0 Å². The Hall–Kier alpha value is -1.15. The average Bonchev–Trinajstić information content (AvgIpc) is 2.71. The molecule has 2 atom stereocenters. The first-order valence-corrected chi connectivity index (χ1v) is 5.92. The zero-order valence-corrected chi connectivity index (χ0v) is 9.82. The summed E-state index contributed by atoms with van der Waals surface area (Å²) in [5, 5.41) is 10.5. The molecule has 0 aromatic carbocycles. The fourth-order valence-electron chi connectivity index (χ4n) is 2.59. The van der Waals surface area contributed by atoms with Crippen LogP contribution in [0.15, 0.2) is 31.0 Å². The molecule has 0 spiro atoms. The number of aryl methyl sites for hydroxylation is 1. The summed E-state index contributed by atoms with van der Waals surface area (Å²) in [6, 6.07) is 4.09. The number of allylic oxidation sites excluding steroid dienone is 1. The zero-order valence-electron chi connectivity index (χ0n) is 9.82. The lowest BCUT2D eigenvalue weighted by Crippen LogP contribution is -2.31. The van der Waals surface area contributed by atoms with Gasteiger partial charge in [0.15, 0.2) is 0 Å². The van der Waals surface area contributed by atoms with E-state index in [1.165, 1.54) is 5.56 Å². The van der Waals surface area contributed by atoms with Gasteiger partial charge in [-0.1, -0.05) is 12.1 Å². The van der Waals surface area contributed by atoms with Crippen molar-refractivity contribution in [2.75, 3.05) is 0 Å². The molecule has 0 bridgehead atoms. The molecule has 0 aliphatic heterocycles. The number of aliphatic hydroxyl groups is 1. The summed E-state index contributed by atoms with van der Waals surface area (Å²) < 4.78 is 0. The molecule has 1 heterocycles. The highest BCUT2D eigenvalue weighted by atomic mass is 16.3. The minimum Gasteiger partial charge on any atom is -0.389 e. The van der Waals surface area contributed by atoms with Crippen LogP contribution in [0.2, 0.25) is 0 Å². The maximum atomic E-state index is 10.5. The van der Waals surface area contributed by atoms with Gasteiger partial charge in [-0.2, -0.15) is 0 Å². The van der Waals surface area contributed by atoms with Crippen molar-refractivity contribution in [3.05, 3.63) is 42.2 Å². The van der Waals surface area contributed by atoms with Crippen LogP contribution in [0.4, 0.5) is 0 Å². The maximum absolute atomic E-state index is 10.5. The molecule has 0 saturated heterocycles. The van der Waals surface area contributed by atoms with Gasteiger partial charge in [-0.3, -0.25) is 4.98 Å². The highest BCUT2D eigenvalue weighted by molar-refractivity contribution is 5.30. The molecule has 2 heteroatoms. The third-order valence-electron chi connectivity index (χ3n) is 3.56. The topological polar surface area (TPSA) is 33.1 Å². The molecule has 0 fully saturated rings. The summed E-state index contributed by atoms with van der Waals surface area (Å²) in [5.41, 5.74) is 1.73. The van der Waals surface area contributed by atoms with Crippen molar-refractivity contribution in [1.82, 2.24) is 4.98 Å². The van der Waals surface area contributed by atoms with E-state index in [2.05, 4.69) is 17.6 Å². The molecule has 2 rings (SSSR count). The van der Waals surface area contributed by atoms with Gasteiger partial charge in [0.1, 0.15) is 0 Å². The van der Waals surface area contributed by atoms with Crippen LogP contribution in [-0.2, 0) is 6.42 Å². The van der Waals surface area contributed by atoms with E-state index in [1.54, 1.807) is 0 Å². The summed E-state index contributed by atoms with van der Waals surface area (Å²) in [6.07, 6.45) is 7.35. The third kappa shape index (κ3) is 2.03. The van der Waals surface area contributed by atoms with Crippen molar-refractivity contribution >= 4 is 0 Å². The molecule has 0 saturated carbocycles. The van der Waals surface area contributed by atoms with Crippen LogP contribution in [0.25, 0.3) is 0 Å². The largest absolute Gasteiger partial charge is 0.389 e. The van der Waals surface area contributed by atoms with Crippen molar-refractivity contribution in [2.24, 2.45) is 0 Å². The Labute approximate surface area is 97.0 Å². The van der Waals surface area contributed by atoms with Gasteiger partial charge in [0.2, 0.25) is 0 Å². The van der Waals surface area contributed by atoms with Crippen molar-refractivity contribution in [3.8, 4) is 0 Å². The molecular formula is C14H19NO. The Balaban J connectivity index is 2.20. The summed E-state index contributed by atoms with van der Waals surface area (Å²) >= 11 is 0. The van der Waals surface area contributed by atoms with E-state index in [-0.39, 0.29) is 5.92 Å². The molecule has 1 aliphatic rings. The molecule has 1 N–H and O–H groups in total. The highest BCUT2D eigenvalue weighted by Gasteiger charge is 2.37. The second-order valence-corrected chi connectivity index (χ2v) is 4.82. The Bertz CT molecular complexity index is 384. The molecule has 16 heavy (non-hydrogen) atoms. The number of aromatic nitrogens is 1. The minimum absolute atomic E-state index is 0.184.